The number of ether oxygens (including phenoxy) is 1. The molecule has 7 rings (SSSR count). The minimum absolute atomic E-state index is 0.0252. The van der Waals surface area contributed by atoms with E-state index < -0.39 is 11.6 Å². The average molecular weight is 605 g/mol. The van der Waals surface area contributed by atoms with Crippen LogP contribution in [0.25, 0.3) is 27.9 Å². The van der Waals surface area contributed by atoms with Crippen molar-refractivity contribution in [1.82, 2.24) is 43.4 Å². The Bertz CT molecular complexity index is 1900. The zero-order valence-corrected chi connectivity index (χ0v) is 24.5. The van der Waals surface area contributed by atoms with Gasteiger partial charge in [-0.2, -0.15) is 9.47 Å². The minimum atomic E-state index is -0.965. The molecule has 1 aliphatic heterocycles. The van der Waals surface area contributed by atoms with Crippen molar-refractivity contribution >= 4 is 39.0 Å². The maximum Gasteiger partial charge on any atom is 0.186 e. The number of fused-ring (bicyclic) bond motifs is 2. The number of likely N-dealkylation sites (tertiary alicyclic amines) is 1. The lowest BCUT2D eigenvalue weighted by atomic mass is 9.98. The van der Waals surface area contributed by atoms with Gasteiger partial charge in [0.05, 0.1) is 41.5 Å². The molecule has 1 aromatic carbocycles. The molecule has 5 aromatic heterocycles. The quantitative estimate of drug-likeness (QED) is 0.233. The number of piperidine rings is 1. The summed E-state index contributed by atoms with van der Waals surface area (Å²) in [5, 5.41) is 8.80. The van der Waals surface area contributed by atoms with Crippen LogP contribution in [0.15, 0.2) is 43.0 Å². The summed E-state index contributed by atoms with van der Waals surface area (Å²) in [5.41, 5.74) is 4.63. The van der Waals surface area contributed by atoms with Crippen molar-refractivity contribution in [2.75, 3.05) is 32.1 Å². The summed E-state index contributed by atoms with van der Waals surface area (Å²) in [5.74, 6) is -0.132. The van der Waals surface area contributed by atoms with Crippen LogP contribution in [0, 0.1) is 24.5 Å². The van der Waals surface area contributed by atoms with Gasteiger partial charge in [0.2, 0.25) is 0 Å². The van der Waals surface area contributed by atoms with Crippen molar-refractivity contribution in [3.8, 4) is 11.3 Å². The lowest BCUT2D eigenvalue weighted by molar-refractivity contribution is 0.0964. The van der Waals surface area contributed by atoms with E-state index in [0.29, 0.717) is 28.7 Å². The Morgan fingerprint density at radius 3 is 2.81 bits per heavy atom. The largest absolute Gasteiger partial charge is 0.384 e. The lowest BCUT2D eigenvalue weighted by Gasteiger charge is -2.30. The third-order valence-corrected chi connectivity index (χ3v) is 8.49. The first-order valence-corrected chi connectivity index (χ1v) is 14.8. The number of nitrogens with zero attached hydrogens (tertiary/aromatic N) is 8. The molecular formula is C29H30F2N10OS. The fourth-order valence-electron chi connectivity index (χ4n) is 5.62. The van der Waals surface area contributed by atoms with Crippen LogP contribution in [0.5, 0.6) is 0 Å². The molecule has 0 amide bonds. The Labute approximate surface area is 249 Å². The number of imidazole rings is 2. The Morgan fingerprint density at radius 1 is 1.12 bits per heavy atom. The van der Waals surface area contributed by atoms with Gasteiger partial charge in [0.1, 0.15) is 16.3 Å². The van der Waals surface area contributed by atoms with E-state index in [0.717, 1.165) is 72.8 Å². The van der Waals surface area contributed by atoms with Gasteiger partial charge >= 0.3 is 0 Å². The SMILES string of the molecule is COCC1CCN(Cc2cc(Nc3nc(C)cn4c(-c5cnn(Cc6nc7c(F)c(F)ccc7[nH]6)c5)cnc34)sn2)CC1. The number of hydrogen-bond acceptors (Lipinski definition) is 9. The van der Waals surface area contributed by atoms with Gasteiger partial charge in [-0.1, -0.05) is 0 Å². The van der Waals surface area contributed by atoms with Crippen LogP contribution in [0.1, 0.15) is 30.1 Å². The van der Waals surface area contributed by atoms with E-state index in [4.69, 9.17) is 9.72 Å². The van der Waals surface area contributed by atoms with Gasteiger partial charge in [-0.05, 0) is 68.5 Å². The van der Waals surface area contributed by atoms with Crippen LogP contribution >= 0.6 is 11.5 Å². The van der Waals surface area contributed by atoms with Gasteiger partial charge in [-0.3, -0.25) is 14.0 Å². The maximum absolute atomic E-state index is 14.1. The number of halogens is 2. The number of benzene rings is 1. The number of hydrogen-bond donors (Lipinski definition) is 2. The summed E-state index contributed by atoms with van der Waals surface area (Å²) in [6.07, 6.45) is 9.62. The van der Waals surface area contributed by atoms with E-state index in [9.17, 15) is 8.78 Å². The molecule has 2 N–H and O–H groups in total. The van der Waals surface area contributed by atoms with E-state index in [2.05, 4.69) is 40.7 Å². The van der Waals surface area contributed by atoms with Crippen molar-refractivity contribution < 1.29 is 13.5 Å². The molecule has 0 radical (unpaired) electrons. The molecule has 43 heavy (non-hydrogen) atoms. The molecule has 0 bridgehead atoms. The number of rotatable bonds is 9. The molecule has 1 fully saturated rings. The van der Waals surface area contributed by atoms with Crippen LogP contribution in [-0.4, -0.2) is 70.2 Å². The third kappa shape index (κ3) is 5.60. The molecule has 0 unspecified atom stereocenters. The summed E-state index contributed by atoms with van der Waals surface area (Å²) in [6, 6.07) is 4.64. The Kier molecular flexibility index (Phi) is 7.33. The van der Waals surface area contributed by atoms with Gasteiger partial charge in [-0.25, -0.2) is 23.7 Å². The predicted molar refractivity (Wildman–Crippen MR) is 159 cm³/mol. The molecule has 0 atom stereocenters. The minimum Gasteiger partial charge on any atom is -0.384 e. The van der Waals surface area contributed by atoms with Crippen LogP contribution in [-0.2, 0) is 17.8 Å². The summed E-state index contributed by atoms with van der Waals surface area (Å²) in [6.45, 7) is 5.97. The van der Waals surface area contributed by atoms with Crippen LogP contribution in [0.4, 0.5) is 19.6 Å². The van der Waals surface area contributed by atoms with Crippen LogP contribution in [0.3, 0.4) is 0 Å². The number of anilines is 2. The summed E-state index contributed by atoms with van der Waals surface area (Å²) in [7, 11) is 1.77. The Hall–Kier alpha value is -4.27. The third-order valence-electron chi connectivity index (χ3n) is 7.74. The van der Waals surface area contributed by atoms with E-state index in [-0.39, 0.29) is 12.1 Å². The van der Waals surface area contributed by atoms with Gasteiger partial charge < -0.3 is 15.0 Å². The van der Waals surface area contributed by atoms with Crippen LogP contribution < -0.4 is 5.32 Å². The highest BCUT2D eigenvalue weighted by Gasteiger charge is 2.21. The van der Waals surface area contributed by atoms with Gasteiger partial charge in [-0.15, -0.1) is 0 Å². The van der Waals surface area contributed by atoms with Crippen molar-refractivity contribution in [2.45, 2.75) is 32.9 Å². The number of aromatic nitrogens is 8. The van der Waals surface area contributed by atoms with E-state index >= 15 is 0 Å². The molecule has 1 aliphatic rings. The van der Waals surface area contributed by atoms with Crippen LogP contribution in [0.2, 0.25) is 0 Å². The topological polar surface area (TPSA) is 114 Å². The highest BCUT2D eigenvalue weighted by atomic mass is 32.1. The van der Waals surface area contributed by atoms with Crippen molar-refractivity contribution in [2.24, 2.45) is 5.92 Å². The molecule has 0 saturated carbocycles. The standard InChI is InChI=1S/C29H30F2N10OS/c1-17-12-41-23(19-10-33-40(13-19)15-24-35-22-4-3-21(30)26(31)27(22)36-24)11-32-29(41)28(34-17)37-25-9-20(38-43-25)14-39-7-5-18(6-8-39)16-42-2/h3-4,9-13,18H,5-8,14-16H2,1-2H3,(H,34,37)(H,35,36). The molecule has 6 heterocycles. The second kappa shape index (κ2) is 11.4. The number of H-pyrrole nitrogens is 1. The van der Waals surface area contributed by atoms with Crippen molar-refractivity contribution in [3.63, 3.8) is 0 Å². The molecule has 6 aromatic rings. The average Bonchev–Trinajstić information content (AvgIpc) is 3.79. The van der Waals surface area contributed by atoms with Crippen molar-refractivity contribution in [1.29, 1.82) is 0 Å². The molecule has 0 aliphatic carbocycles. The smallest absolute Gasteiger partial charge is 0.186 e. The molecule has 222 valence electrons. The highest BCUT2D eigenvalue weighted by molar-refractivity contribution is 7.10. The van der Waals surface area contributed by atoms with E-state index in [1.54, 1.807) is 24.2 Å². The normalized spacial score (nSPS) is 14.8. The Balaban J connectivity index is 1.07. The molecule has 0 spiro atoms. The fourth-order valence-corrected chi connectivity index (χ4v) is 6.28. The van der Waals surface area contributed by atoms with Gasteiger partial charge in [0.25, 0.3) is 0 Å². The number of aryl methyl sites for hydroxylation is 1. The van der Waals surface area contributed by atoms with Gasteiger partial charge in [0, 0.05) is 38.2 Å². The predicted octanol–water partition coefficient (Wildman–Crippen LogP) is 5.16. The lowest BCUT2D eigenvalue weighted by Crippen LogP contribution is -2.34. The zero-order chi connectivity index (χ0) is 29.5. The number of methoxy groups -OCH3 is 1. The molecular weight excluding hydrogens is 574 g/mol. The second-order valence-electron chi connectivity index (χ2n) is 10.9. The summed E-state index contributed by atoms with van der Waals surface area (Å²) < 4.78 is 41.4. The van der Waals surface area contributed by atoms with Gasteiger partial charge in [0.15, 0.2) is 23.1 Å². The maximum atomic E-state index is 14.1. The van der Waals surface area contributed by atoms with E-state index in [1.807, 2.05) is 23.7 Å². The molecule has 14 heteroatoms. The Morgan fingerprint density at radius 2 is 1.98 bits per heavy atom. The molecule has 11 nitrogen and oxygen atoms in total. The second-order valence-corrected chi connectivity index (χ2v) is 11.7. The first-order chi connectivity index (χ1) is 20.9. The summed E-state index contributed by atoms with van der Waals surface area (Å²) in [4.78, 5) is 19.1. The highest BCUT2D eigenvalue weighted by Crippen LogP contribution is 2.29. The molecule has 1 saturated heterocycles. The fraction of sp³-hybridized carbons (Fsp3) is 0.345. The summed E-state index contributed by atoms with van der Waals surface area (Å²) >= 11 is 1.42. The van der Waals surface area contributed by atoms with Crippen molar-refractivity contribution in [3.05, 3.63) is 71.8 Å². The number of nitrogens with one attached hydrogen (secondary N) is 2. The monoisotopic (exact) mass is 604 g/mol. The number of aromatic amines is 1. The first-order valence-electron chi connectivity index (χ1n) is 14.1. The van der Waals surface area contributed by atoms with E-state index in [1.165, 1.54) is 17.6 Å². The zero-order valence-electron chi connectivity index (χ0n) is 23.7. The first kappa shape index (κ1) is 27.6.